The highest BCUT2D eigenvalue weighted by atomic mass is 79.9. The highest BCUT2D eigenvalue weighted by Gasteiger charge is 2.22. The molecule has 2 nitrogen and oxygen atoms in total. The molecule has 1 aliphatic rings. The molecule has 1 unspecified atom stereocenters. The first kappa shape index (κ1) is 13.8. The van der Waals surface area contributed by atoms with Crippen LogP contribution in [0.4, 0.5) is 5.69 Å². The van der Waals surface area contributed by atoms with Gasteiger partial charge in [-0.05, 0) is 48.2 Å². The SMILES string of the molecule is COc1cc(Br)cc(NC2CCc3cc(Cl)ccc32)c1. The fourth-order valence-electron chi connectivity index (χ4n) is 2.70. The molecule has 0 fully saturated rings. The van der Waals surface area contributed by atoms with Crippen LogP contribution >= 0.6 is 27.5 Å². The number of hydrogen-bond acceptors (Lipinski definition) is 2. The van der Waals surface area contributed by atoms with E-state index in [2.05, 4.69) is 39.4 Å². The predicted octanol–water partition coefficient (Wildman–Crippen LogP) is 5.21. The highest BCUT2D eigenvalue weighted by Crippen LogP contribution is 2.36. The zero-order valence-electron chi connectivity index (χ0n) is 11.1. The topological polar surface area (TPSA) is 21.3 Å². The molecule has 0 heterocycles. The Balaban J connectivity index is 1.85. The van der Waals surface area contributed by atoms with Gasteiger partial charge in [0.15, 0.2) is 0 Å². The lowest BCUT2D eigenvalue weighted by molar-refractivity contribution is 0.414. The van der Waals surface area contributed by atoms with Crippen LogP contribution in [0.15, 0.2) is 40.9 Å². The molecule has 2 aromatic carbocycles. The molecule has 1 N–H and O–H groups in total. The van der Waals surface area contributed by atoms with Crippen molar-refractivity contribution >= 4 is 33.2 Å². The third kappa shape index (κ3) is 2.79. The molecular weight excluding hydrogens is 338 g/mol. The number of nitrogens with one attached hydrogen (secondary N) is 1. The standard InChI is InChI=1S/C16H15BrClNO/c1-20-14-8-11(17)7-13(9-14)19-16-5-2-10-6-12(18)3-4-15(10)16/h3-4,6-9,16,19H,2,5H2,1H3. The van der Waals surface area contributed by atoms with Crippen LogP contribution in [-0.4, -0.2) is 7.11 Å². The third-order valence-electron chi connectivity index (χ3n) is 3.63. The summed E-state index contributed by atoms with van der Waals surface area (Å²) >= 11 is 9.56. The van der Waals surface area contributed by atoms with Crippen LogP contribution in [0.5, 0.6) is 5.75 Å². The van der Waals surface area contributed by atoms with E-state index in [-0.39, 0.29) is 0 Å². The minimum absolute atomic E-state index is 0.335. The van der Waals surface area contributed by atoms with Gasteiger partial charge in [-0.2, -0.15) is 0 Å². The predicted molar refractivity (Wildman–Crippen MR) is 86.8 cm³/mol. The van der Waals surface area contributed by atoms with Crippen LogP contribution < -0.4 is 10.1 Å². The van der Waals surface area contributed by atoms with Gasteiger partial charge in [-0.25, -0.2) is 0 Å². The molecule has 1 aliphatic carbocycles. The molecule has 0 amide bonds. The zero-order valence-corrected chi connectivity index (χ0v) is 13.5. The summed E-state index contributed by atoms with van der Waals surface area (Å²) in [7, 11) is 1.68. The second-order valence-electron chi connectivity index (χ2n) is 4.96. The Morgan fingerprint density at radius 1 is 1.25 bits per heavy atom. The summed E-state index contributed by atoms with van der Waals surface area (Å²) in [4.78, 5) is 0. The van der Waals surface area contributed by atoms with Crippen LogP contribution in [0.3, 0.4) is 0 Å². The Morgan fingerprint density at radius 3 is 2.90 bits per heavy atom. The number of ether oxygens (including phenoxy) is 1. The van der Waals surface area contributed by atoms with Gasteiger partial charge in [0.25, 0.3) is 0 Å². The first-order valence-electron chi connectivity index (χ1n) is 6.55. The summed E-state index contributed by atoms with van der Waals surface area (Å²) in [6, 6.07) is 12.5. The molecular formula is C16H15BrClNO. The molecule has 0 aromatic heterocycles. The Hall–Kier alpha value is -1.19. The molecule has 20 heavy (non-hydrogen) atoms. The zero-order chi connectivity index (χ0) is 14.1. The normalized spacial score (nSPS) is 16.9. The summed E-state index contributed by atoms with van der Waals surface area (Å²) in [5.74, 6) is 0.844. The van der Waals surface area contributed by atoms with Crippen molar-refractivity contribution in [1.29, 1.82) is 0 Å². The molecule has 1 atom stereocenters. The maximum atomic E-state index is 6.05. The first-order chi connectivity index (χ1) is 9.65. The van der Waals surface area contributed by atoms with Gasteiger partial charge >= 0.3 is 0 Å². The number of halogens is 2. The van der Waals surface area contributed by atoms with Crippen molar-refractivity contribution < 1.29 is 4.74 Å². The highest BCUT2D eigenvalue weighted by molar-refractivity contribution is 9.10. The van der Waals surface area contributed by atoms with E-state index in [1.54, 1.807) is 7.11 Å². The van der Waals surface area contributed by atoms with Crippen LogP contribution in [0.2, 0.25) is 5.02 Å². The Morgan fingerprint density at radius 2 is 2.10 bits per heavy atom. The lowest BCUT2D eigenvalue weighted by atomic mass is 10.1. The quantitative estimate of drug-likeness (QED) is 0.818. The molecule has 0 spiro atoms. The molecule has 3 rings (SSSR count). The van der Waals surface area contributed by atoms with Gasteiger partial charge in [-0.15, -0.1) is 0 Å². The Kier molecular flexibility index (Phi) is 3.90. The van der Waals surface area contributed by atoms with E-state index in [1.165, 1.54) is 11.1 Å². The van der Waals surface area contributed by atoms with Gasteiger partial charge in [0.1, 0.15) is 5.75 Å². The summed E-state index contributed by atoms with van der Waals surface area (Å²) in [6.45, 7) is 0. The second kappa shape index (κ2) is 5.66. The van der Waals surface area contributed by atoms with Gasteiger partial charge in [0, 0.05) is 21.2 Å². The summed E-state index contributed by atoms with van der Waals surface area (Å²) in [5.41, 5.74) is 3.74. The van der Waals surface area contributed by atoms with Crippen molar-refractivity contribution in [2.45, 2.75) is 18.9 Å². The molecule has 0 aliphatic heterocycles. The second-order valence-corrected chi connectivity index (χ2v) is 6.31. The van der Waals surface area contributed by atoms with Crippen molar-refractivity contribution in [3.05, 3.63) is 57.0 Å². The fraction of sp³-hybridized carbons (Fsp3) is 0.250. The summed E-state index contributed by atoms with van der Waals surface area (Å²) in [6.07, 6.45) is 2.16. The van der Waals surface area contributed by atoms with Gasteiger partial charge in [0.2, 0.25) is 0 Å². The monoisotopic (exact) mass is 351 g/mol. The molecule has 4 heteroatoms. The number of methoxy groups -OCH3 is 1. The minimum Gasteiger partial charge on any atom is -0.497 e. The number of aryl methyl sites for hydroxylation is 1. The van der Waals surface area contributed by atoms with Crippen molar-refractivity contribution in [2.24, 2.45) is 0 Å². The average molecular weight is 353 g/mol. The van der Waals surface area contributed by atoms with E-state index in [1.807, 2.05) is 18.2 Å². The summed E-state index contributed by atoms with van der Waals surface area (Å²) in [5, 5.41) is 4.39. The van der Waals surface area contributed by atoms with Crippen LogP contribution in [0.25, 0.3) is 0 Å². The average Bonchev–Trinajstić information content (AvgIpc) is 2.80. The minimum atomic E-state index is 0.335. The first-order valence-corrected chi connectivity index (χ1v) is 7.72. The molecule has 2 aromatic rings. The molecule has 0 bridgehead atoms. The van der Waals surface area contributed by atoms with E-state index in [0.717, 1.165) is 33.8 Å². The Labute approximate surface area is 132 Å². The number of hydrogen-bond donors (Lipinski definition) is 1. The largest absolute Gasteiger partial charge is 0.497 e. The van der Waals surface area contributed by atoms with Gasteiger partial charge < -0.3 is 10.1 Å². The van der Waals surface area contributed by atoms with E-state index >= 15 is 0 Å². The molecule has 0 radical (unpaired) electrons. The van der Waals surface area contributed by atoms with Gasteiger partial charge in [-0.3, -0.25) is 0 Å². The van der Waals surface area contributed by atoms with Gasteiger partial charge in [0.05, 0.1) is 13.2 Å². The van der Waals surface area contributed by atoms with E-state index < -0.39 is 0 Å². The molecule has 0 saturated heterocycles. The fourth-order valence-corrected chi connectivity index (χ4v) is 3.37. The van der Waals surface area contributed by atoms with Crippen molar-refractivity contribution in [3.8, 4) is 5.75 Å². The molecule has 104 valence electrons. The van der Waals surface area contributed by atoms with Crippen molar-refractivity contribution in [2.75, 3.05) is 12.4 Å². The maximum absolute atomic E-state index is 6.05. The smallest absolute Gasteiger partial charge is 0.122 e. The van der Waals surface area contributed by atoms with E-state index in [0.29, 0.717) is 6.04 Å². The summed E-state index contributed by atoms with van der Waals surface area (Å²) < 4.78 is 6.31. The number of benzene rings is 2. The van der Waals surface area contributed by atoms with E-state index in [9.17, 15) is 0 Å². The van der Waals surface area contributed by atoms with Crippen molar-refractivity contribution in [1.82, 2.24) is 0 Å². The lowest BCUT2D eigenvalue weighted by Crippen LogP contribution is -2.07. The van der Waals surface area contributed by atoms with Crippen LogP contribution in [0, 0.1) is 0 Å². The van der Waals surface area contributed by atoms with Gasteiger partial charge in [-0.1, -0.05) is 33.6 Å². The number of anilines is 1. The van der Waals surface area contributed by atoms with E-state index in [4.69, 9.17) is 16.3 Å². The Bertz CT molecular complexity index is 644. The lowest BCUT2D eigenvalue weighted by Gasteiger charge is -2.16. The van der Waals surface area contributed by atoms with Crippen molar-refractivity contribution in [3.63, 3.8) is 0 Å². The van der Waals surface area contributed by atoms with Crippen LogP contribution in [-0.2, 0) is 6.42 Å². The third-order valence-corrected chi connectivity index (χ3v) is 4.32. The maximum Gasteiger partial charge on any atom is 0.122 e. The number of rotatable bonds is 3. The number of fused-ring (bicyclic) bond motifs is 1. The van der Waals surface area contributed by atoms with Crippen LogP contribution in [0.1, 0.15) is 23.6 Å². The molecule has 0 saturated carbocycles.